The molecular weight excluding hydrogens is 577 g/mol. The average Bonchev–Trinajstić information content (AvgIpc) is 2.88. The predicted molar refractivity (Wildman–Crippen MR) is 148 cm³/mol. The van der Waals surface area contributed by atoms with Crippen LogP contribution in [0.2, 0.25) is 10.0 Å². The van der Waals surface area contributed by atoms with Crippen LogP contribution in [0, 0.1) is 0 Å². The molecule has 3 aliphatic rings. The number of ketones is 2. The zero-order chi connectivity index (χ0) is 26.3. The van der Waals surface area contributed by atoms with Crippen molar-refractivity contribution >= 4 is 50.7 Å². The zero-order valence-corrected chi connectivity index (χ0v) is 23.9. The number of hydrogen-bond acceptors (Lipinski definition) is 5. The third-order valence-electron chi connectivity index (χ3n) is 7.35. The van der Waals surface area contributed by atoms with Gasteiger partial charge in [0.1, 0.15) is 6.61 Å². The van der Waals surface area contributed by atoms with Crippen LogP contribution in [0.4, 0.5) is 0 Å². The molecule has 2 aliphatic carbocycles. The summed E-state index contributed by atoms with van der Waals surface area (Å²) in [7, 11) is 1.59. The van der Waals surface area contributed by atoms with E-state index in [9.17, 15) is 9.59 Å². The Hall–Kier alpha value is -2.28. The lowest BCUT2D eigenvalue weighted by Gasteiger charge is -2.43. The number of rotatable bonds is 6. The highest BCUT2D eigenvalue weighted by Gasteiger charge is 2.43. The third-order valence-corrected chi connectivity index (χ3v) is 8.68. The van der Waals surface area contributed by atoms with Crippen LogP contribution in [-0.2, 0) is 16.2 Å². The molecule has 0 fully saturated rings. The molecule has 1 heterocycles. The summed E-state index contributed by atoms with van der Waals surface area (Å²) in [6, 6.07) is 9.22. The SMILES string of the molecule is CCN1C2=C(C(=O)CCC2)C(c2cc(Br)c(OCc3ccc(Cl)c(Cl)c3)c(OC)c2)C2=C1CCCC2=O. The number of allylic oxidation sites excluding steroid dienone is 4. The van der Waals surface area contributed by atoms with Crippen LogP contribution in [0.5, 0.6) is 11.5 Å². The molecule has 0 saturated carbocycles. The van der Waals surface area contributed by atoms with Gasteiger partial charge in [-0.25, -0.2) is 0 Å². The van der Waals surface area contributed by atoms with Crippen LogP contribution in [0.1, 0.15) is 62.5 Å². The predicted octanol–water partition coefficient (Wildman–Crippen LogP) is 7.78. The monoisotopic (exact) mass is 603 g/mol. The first kappa shape index (κ1) is 26.3. The summed E-state index contributed by atoms with van der Waals surface area (Å²) in [5.74, 6) is 0.923. The molecular formula is C29H28BrCl2NO4. The van der Waals surface area contributed by atoms with E-state index in [1.807, 2.05) is 18.2 Å². The van der Waals surface area contributed by atoms with Gasteiger partial charge in [0.15, 0.2) is 23.1 Å². The fraction of sp³-hybridized carbons (Fsp3) is 0.379. The van der Waals surface area contributed by atoms with Gasteiger partial charge in [0.05, 0.1) is 21.6 Å². The van der Waals surface area contributed by atoms with Gasteiger partial charge in [-0.15, -0.1) is 0 Å². The molecule has 0 unspecified atom stereocenters. The first-order chi connectivity index (χ1) is 17.8. The molecule has 2 aromatic carbocycles. The van der Waals surface area contributed by atoms with Crippen LogP contribution < -0.4 is 9.47 Å². The van der Waals surface area contributed by atoms with Crippen molar-refractivity contribution in [1.82, 2.24) is 4.90 Å². The van der Waals surface area contributed by atoms with Crippen molar-refractivity contribution in [3.8, 4) is 11.5 Å². The Balaban J connectivity index is 1.58. The molecule has 0 atom stereocenters. The van der Waals surface area contributed by atoms with Gasteiger partial charge in [-0.05, 0) is 83.9 Å². The van der Waals surface area contributed by atoms with E-state index < -0.39 is 5.92 Å². The van der Waals surface area contributed by atoms with Gasteiger partial charge < -0.3 is 14.4 Å². The van der Waals surface area contributed by atoms with Gasteiger partial charge in [0.25, 0.3) is 0 Å². The molecule has 0 bridgehead atoms. The smallest absolute Gasteiger partial charge is 0.175 e. The van der Waals surface area contributed by atoms with Crippen LogP contribution >= 0.6 is 39.1 Å². The van der Waals surface area contributed by atoms with Gasteiger partial charge in [-0.3, -0.25) is 9.59 Å². The lowest BCUT2D eigenvalue weighted by Crippen LogP contribution is -2.39. The largest absolute Gasteiger partial charge is 0.493 e. The van der Waals surface area contributed by atoms with Crippen molar-refractivity contribution in [3.05, 3.63) is 78.5 Å². The standard InChI is InChI=1S/C29H28BrCl2NO4/c1-3-33-21-6-4-8-23(34)27(21)26(28-22(33)7-5-9-24(28)35)17-13-18(30)29(25(14-17)36-2)37-15-16-10-11-19(31)20(32)12-16/h10-14,26H,3-9,15H2,1-2H3. The molecule has 194 valence electrons. The topological polar surface area (TPSA) is 55.8 Å². The van der Waals surface area contributed by atoms with E-state index >= 15 is 0 Å². The minimum absolute atomic E-state index is 0.129. The number of ether oxygens (including phenoxy) is 2. The molecule has 37 heavy (non-hydrogen) atoms. The second-order valence-corrected chi connectivity index (χ2v) is 11.2. The zero-order valence-electron chi connectivity index (χ0n) is 20.8. The lowest BCUT2D eigenvalue weighted by atomic mass is 9.71. The normalized spacial score (nSPS) is 18.2. The molecule has 5 rings (SSSR count). The first-order valence-electron chi connectivity index (χ1n) is 12.6. The maximum Gasteiger partial charge on any atom is 0.175 e. The molecule has 0 spiro atoms. The number of benzene rings is 2. The maximum absolute atomic E-state index is 13.4. The molecule has 8 heteroatoms. The lowest BCUT2D eigenvalue weighted by molar-refractivity contribution is -0.117. The van der Waals surface area contributed by atoms with E-state index in [-0.39, 0.29) is 18.2 Å². The Kier molecular flexibility index (Phi) is 7.71. The number of methoxy groups -OCH3 is 1. The quantitative estimate of drug-likeness (QED) is 0.337. The molecule has 0 saturated heterocycles. The fourth-order valence-electron chi connectivity index (χ4n) is 5.76. The second kappa shape index (κ2) is 10.8. The Morgan fingerprint density at radius 2 is 1.59 bits per heavy atom. The Bertz CT molecular complexity index is 1310. The van der Waals surface area contributed by atoms with Crippen molar-refractivity contribution in [2.75, 3.05) is 13.7 Å². The van der Waals surface area contributed by atoms with E-state index in [0.29, 0.717) is 38.9 Å². The molecule has 0 N–H and O–H groups in total. The summed E-state index contributed by atoms with van der Waals surface area (Å²) < 4.78 is 12.6. The van der Waals surface area contributed by atoms with Gasteiger partial charge >= 0.3 is 0 Å². The molecule has 0 radical (unpaired) electrons. The van der Waals surface area contributed by atoms with Crippen molar-refractivity contribution in [1.29, 1.82) is 0 Å². The second-order valence-electron chi connectivity index (χ2n) is 9.52. The highest BCUT2D eigenvalue weighted by atomic mass is 79.9. The summed E-state index contributed by atoms with van der Waals surface area (Å²) in [6.45, 7) is 3.11. The number of nitrogens with zero attached hydrogens (tertiary/aromatic N) is 1. The highest BCUT2D eigenvalue weighted by molar-refractivity contribution is 9.10. The van der Waals surface area contributed by atoms with Crippen LogP contribution in [-0.4, -0.2) is 30.1 Å². The summed E-state index contributed by atoms with van der Waals surface area (Å²) >= 11 is 15.9. The minimum Gasteiger partial charge on any atom is -0.493 e. The van der Waals surface area contributed by atoms with Crippen molar-refractivity contribution < 1.29 is 19.1 Å². The van der Waals surface area contributed by atoms with Gasteiger partial charge in [-0.1, -0.05) is 29.3 Å². The molecule has 0 amide bonds. The van der Waals surface area contributed by atoms with E-state index in [1.165, 1.54) is 0 Å². The number of Topliss-reactive ketones (excluding diaryl/α,β-unsaturated/α-hetero) is 2. The molecule has 0 aromatic heterocycles. The van der Waals surface area contributed by atoms with E-state index in [4.69, 9.17) is 32.7 Å². The summed E-state index contributed by atoms with van der Waals surface area (Å²) in [6.07, 6.45) is 4.39. The summed E-state index contributed by atoms with van der Waals surface area (Å²) in [5, 5.41) is 0.949. The number of carbonyl (C=O) groups is 2. The van der Waals surface area contributed by atoms with Crippen LogP contribution in [0.3, 0.4) is 0 Å². The van der Waals surface area contributed by atoms with Gasteiger partial charge in [0.2, 0.25) is 0 Å². The third kappa shape index (κ3) is 4.84. The van der Waals surface area contributed by atoms with E-state index in [1.54, 1.807) is 19.2 Å². The summed E-state index contributed by atoms with van der Waals surface area (Å²) in [5.41, 5.74) is 5.40. The fourth-order valence-corrected chi connectivity index (χ4v) is 6.66. The average molecular weight is 605 g/mol. The van der Waals surface area contributed by atoms with E-state index in [0.717, 1.165) is 65.9 Å². The van der Waals surface area contributed by atoms with Crippen LogP contribution in [0.25, 0.3) is 0 Å². The van der Waals surface area contributed by atoms with Gasteiger partial charge in [-0.2, -0.15) is 0 Å². The minimum atomic E-state index is -0.400. The molecule has 2 aromatic rings. The Morgan fingerprint density at radius 3 is 2.16 bits per heavy atom. The number of hydrogen-bond donors (Lipinski definition) is 0. The van der Waals surface area contributed by atoms with Crippen molar-refractivity contribution in [3.63, 3.8) is 0 Å². The number of halogens is 3. The highest BCUT2D eigenvalue weighted by Crippen LogP contribution is 2.51. The first-order valence-corrected chi connectivity index (χ1v) is 14.1. The molecule has 1 aliphatic heterocycles. The number of carbonyl (C=O) groups excluding carboxylic acids is 2. The van der Waals surface area contributed by atoms with Crippen molar-refractivity contribution in [2.45, 2.75) is 58.0 Å². The Morgan fingerprint density at radius 1 is 0.946 bits per heavy atom. The Labute approximate surface area is 235 Å². The van der Waals surface area contributed by atoms with Crippen LogP contribution in [0.15, 0.2) is 57.3 Å². The molecule has 5 nitrogen and oxygen atoms in total. The summed E-state index contributed by atoms with van der Waals surface area (Å²) in [4.78, 5) is 29.0. The van der Waals surface area contributed by atoms with E-state index in [2.05, 4.69) is 27.8 Å². The van der Waals surface area contributed by atoms with Crippen molar-refractivity contribution in [2.24, 2.45) is 0 Å². The maximum atomic E-state index is 13.4. The van der Waals surface area contributed by atoms with Gasteiger partial charge in [0, 0.05) is 47.8 Å².